The highest BCUT2D eigenvalue weighted by atomic mass is 16.5. The van der Waals surface area contributed by atoms with Gasteiger partial charge < -0.3 is 10.1 Å². The molecule has 0 bridgehead atoms. The molecule has 0 unspecified atom stereocenters. The Kier molecular flexibility index (Phi) is 11.4. The average Bonchev–Trinajstić information content (AvgIpc) is 3.26. The van der Waals surface area contributed by atoms with Crippen LogP contribution in [0.1, 0.15) is 84.5 Å². The molecule has 2 nitrogen and oxygen atoms in total. The molecule has 0 spiro atoms. The maximum Gasteiger partial charge on any atom is 0.0494 e. The summed E-state index contributed by atoms with van der Waals surface area (Å²) < 4.78 is 5.70. The van der Waals surface area contributed by atoms with E-state index in [1.54, 1.807) is 0 Å². The minimum atomic E-state index is 0.747. The molecule has 20 heavy (non-hydrogen) atoms. The van der Waals surface area contributed by atoms with E-state index in [0.717, 1.165) is 31.7 Å². The predicted octanol–water partition coefficient (Wildman–Crippen LogP) is 4.92. The number of rotatable bonds is 15. The summed E-state index contributed by atoms with van der Waals surface area (Å²) in [5.41, 5.74) is 0. The van der Waals surface area contributed by atoms with Crippen molar-refractivity contribution in [1.29, 1.82) is 0 Å². The van der Waals surface area contributed by atoms with Gasteiger partial charge in [0.15, 0.2) is 0 Å². The molecule has 120 valence electrons. The smallest absolute Gasteiger partial charge is 0.0494 e. The minimum absolute atomic E-state index is 0.747. The maximum atomic E-state index is 5.70. The van der Waals surface area contributed by atoms with Crippen molar-refractivity contribution in [3.8, 4) is 0 Å². The topological polar surface area (TPSA) is 21.3 Å². The van der Waals surface area contributed by atoms with Gasteiger partial charge in [-0.3, -0.25) is 0 Å². The van der Waals surface area contributed by atoms with Crippen LogP contribution in [-0.4, -0.2) is 25.8 Å². The molecule has 0 aromatic heterocycles. The van der Waals surface area contributed by atoms with Crippen molar-refractivity contribution >= 4 is 0 Å². The fraction of sp³-hybridized carbons (Fsp3) is 1.00. The van der Waals surface area contributed by atoms with Crippen LogP contribution in [0.3, 0.4) is 0 Å². The first-order chi connectivity index (χ1) is 9.86. The van der Waals surface area contributed by atoms with Crippen LogP contribution in [0.2, 0.25) is 0 Å². The van der Waals surface area contributed by atoms with E-state index in [9.17, 15) is 0 Å². The van der Waals surface area contributed by atoms with Crippen molar-refractivity contribution in [2.45, 2.75) is 90.5 Å². The second-order valence-corrected chi connectivity index (χ2v) is 6.51. The predicted molar refractivity (Wildman–Crippen MR) is 88.2 cm³/mol. The quantitative estimate of drug-likeness (QED) is 0.431. The number of unbranched alkanes of at least 4 members (excludes halogenated alkanes) is 4. The van der Waals surface area contributed by atoms with Crippen LogP contribution in [0.5, 0.6) is 0 Å². The molecule has 0 aliphatic heterocycles. The number of hydrogen-bond donors (Lipinski definition) is 1. The van der Waals surface area contributed by atoms with Crippen LogP contribution in [0, 0.1) is 5.92 Å². The molecule has 1 rings (SSSR count). The van der Waals surface area contributed by atoms with Crippen LogP contribution in [0.4, 0.5) is 0 Å². The van der Waals surface area contributed by atoms with E-state index in [1.807, 2.05) is 0 Å². The van der Waals surface area contributed by atoms with Gasteiger partial charge in [0.1, 0.15) is 0 Å². The number of nitrogens with one attached hydrogen (secondary N) is 1. The first-order valence-corrected chi connectivity index (χ1v) is 9.18. The van der Waals surface area contributed by atoms with Crippen LogP contribution in [0.15, 0.2) is 0 Å². The van der Waals surface area contributed by atoms with E-state index < -0.39 is 0 Å². The lowest BCUT2D eigenvalue weighted by Gasteiger charge is -2.18. The van der Waals surface area contributed by atoms with E-state index in [2.05, 4.69) is 19.2 Å². The normalized spacial score (nSPS) is 15.2. The summed E-state index contributed by atoms with van der Waals surface area (Å²) in [7, 11) is 0. The van der Waals surface area contributed by atoms with Crippen LogP contribution in [0.25, 0.3) is 0 Å². The third-order valence-corrected chi connectivity index (χ3v) is 4.26. The van der Waals surface area contributed by atoms with Gasteiger partial charge in [0, 0.05) is 19.3 Å². The van der Waals surface area contributed by atoms with Gasteiger partial charge in [0.2, 0.25) is 0 Å². The molecular weight excluding hydrogens is 246 g/mol. The lowest BCUT2D eigenvalue weighted by atomic mass is 10.0. The first kappa shape index (κ1) is 18.0. The Morgan fingerprint density at radius 2 is 1.60 bits per heavy atom. The van der Waals surface area contributed by atoms with Crippen molar-refractivity contribution in [1.82, 2.24) is 5.32 Å². The zero-order valence-electron chi connectivity index (χ0n) is 14.0. The summed E-state index contributed by atoms with van der Waals surface area (Å²) in [6.07, 6.45) is 14.9. The van der Waals surface area contributed by atoms with Gasteiger partial charge in [-0.25, -0.2) is 0 Å². The van der Waals surface area contributed by atoms with Gasteiger partial charge >= 0.3 is 0 Å². The Morgan fingerprint density at radius 3 is 2.15 bits per heavy atom. The SMILES string of the molecule is CCCCCC(CCCCC)NCCCOCC1CC1. The van der Waals surface area contributed by atoms with Crippen molar-refractivity contribution in [3.63, 3.8) is 0 Å². The molecule has 0 atom stereocenters. The third-order valence-electron chi connectivity index (χ3n) is 4.26. The van der Waals surface area contributed by atoms with E-state index in [-0.39, 0.29) is 0 Å². The van der Waals surface area contributed by atoms with Crippen LogP contribution >= 0.6 is 0 Å². The monoisotopic (exact) mass is 283 g/mol. The maximum absolute atomic E-state index is 5.70. The summed E-state index contributed by atoms with van der Waals surface area (Å²) >= 11 is 0. The first-order valence-electron chi connectivity index (χ1n) is 9.18. The van der Waals surface area contributed by atoms with E-state index in [0.29, 0.717) is 0 Å². The summed E-state index contributed by atoms with van der Waals surface area (Å²) in [4.78, 5) is 0. The molecule has 0 heterocycles. The highest BCUT2D eigenvalue weighted by molar-refractivity contribution is 4.72. The molecular formula is C18H37NO. The van der Waals surface area contributed by atoms with Gasteiger partial charge in [-0.2, -0.15) is 0 Å². The van der Waals surface area contributed by atoms with Crippen molar-refractivity contribution in [3.05, 3.63) is 0 Å². The second kappa shape index (κ2) is 12.6. The van der Waals surface area contributed by atoms with Crippen LogP contribution < -0.4 is 5.32 Å². The van der Waals surface area contributed by atoms with E-state index >= 15 is 0 Å². The summed E-state index contributed by atoms with van der Waals surface area (Å²) in [5, 5.41) is 3.76. The molecule has 1 fully saturated rings. The highest BCUT2D eigenvalue weighted by Gasteiger charge is 2.20. The Morgan fingerprint density at radius 1 is 0.950 bits per heavy atom. The second-order valence-electron chi connectivity index (χ2n) is 6.51. The van der Waals surface area contributed by atoms with Gasteiger partial charge in [-0.1, -0.05) is 52.4 Å². The van der Waals surface area contributed by atoms with Gasteiger partial charge in [0.05, 0.1) is 0 Å². The molecule has 0 saturated heterocycles. The van der Waals surface area contributed by atoms with Gasteiger partial charge in [-0.05, 0) is 44.6 Å². The molecule has 1 saturated carbocycles. The molecule has 0 radical (unpaired) electrons. The zero-order chi connectivity index (χ0) is 14.5. The summed E-state index contributed by atoms with van der Waals surface area (Å²) in [6, 6.07) is 0.747. The van der Waals surface area contributed by atoms with E-state index in [1.165, 1.54) is 70.6 Å². The molecule has 1 aliphatic rings. The van der Waals surface area contributed by atoms with Crippen molar-refractivity contribution < 1.29 is 4.74 Å². The fourth-order valence-electron chi connectivity index (χ4n) is 2.64. The number of hydrogen-bond acceptors (Lipinski definition) is 2. The molecule has 0 aromatic carbocycles. The average molecular weight is 284 g/mol. The summed E-state index contributed by atoms with van der Waals surface area (Å²) in [5.74, 6) is 0.902. The van der Waals surface area contributed by atoms with Gasteiger partial charge in [-0.15, -0.1) is 0 Å². The standard InChI is InChI=1S/C18H37NO/c1-3-5-7-10-18(11-8-6-4-2)19-14-9-15-20-16-17-12-13-17/h17-19H,3-16H2,1-2H3. The Balaban J connectivity index is 1.97. The Labute approximate surface area is 127 Å². The van der Waals surface area contributed by atoms with Gasteiger partial charge in [0.25, 0.3) is 0 Å². The van der Waals surface area contributed by atoms with Crippen molar-refractivity contribution in [2.75, 3.05) is 19.8 Å². The minimum Gasteiger partial charge on any atom is -0.381 e. The lowest BCUT2D eigenvalue weighted by molar-refractivity contribution is 0.121. The molecule has 0 aromatic rings. The third kappa shape index (κ3) is 10.7. The van der Waals surface area contributed by atoms with E-state index in [4.69, 9.17) is 4.74 Å². The van der Waals surface area contributed by atoms with Crippen LogP contribution in [-0.2, 0) is 4.74 Å². The largest absolute Gasteiger partial charge is 0.381 e. The number of ether oxygens (including phenoxy) is 1. The molecule has 0 amide bonds. The summed E-state index contributed by atoms with van der Waals surface area (Å²) in [6.45, 7) is 7.66. The highest BCUT2D eigenvalue weighted by Crippen LogP contribution is 2.28. The Hall–Kier alpha value is -0.0800. The fourth-order valence-corrected chi connectivity index (χ4v) is 2.64. The Bertz CT molecular complexity index is 194. The zero-order valence-corrected chi connectivity index (χ0v) is 14.0. The molecule has 1 N–H and O–H groups in total. The molecule has 1 aliphatic carbocycles. The lowest BCUT2D eigenvalue weighted by Crippen LogP contribution is -2.30. The molecule has 2 heteroatoms. The van der Waals surface area contributed by atoms with Crippen molar-refractivity contribution in [2.24, 2.45) is 5.92 Å².